The van der Waals surface area contributed by atoms with Crippen LogP contribution in [-0.2, 0) is 0 Å². The molecule has 4 rings (SSSR count). The molecular formula is C18H18N4O. The van der Waals surface area contributed by atoms with Crippen molar-refractivity contribution in [2.75, 3.05) is 31.1 Å². The minimum atomic E-state index is -0.0585. The van der Waals surface area contributed by atoms with Crippen molar-refractivity contribution in [3.63, 3.8) is 0 Å². The van der Waals surface area contributed by atoms with E-state index in [9.17, 15) is 4.79 Å². The molecule has 1 aromatic heterocycles. The Morgan fingerprint density at radius 2 is 1.61 bits per heavy atom. The Morgan fingerprint density at radius 1 is 0.913 bits per heavy atom. The van der Waals surface area contributed by atoms with E-state index < -0.39 is 0 Å². The molecule has 1 aliphatic rings. The van der Waals surface area contributed by atoms with Gasteiger partial charge >= 0.3 is 0 Å². The van der Waals surface area contributed by atoms with Crippen LogP contribution in [0, 0.1) is 0 Å². The average Bonchev–Trinajstić information content (AvgIpc) is 2.63. The number of fused-ring (bicyclic) bond motifs is 1. The predicted octanol–water partition coefficient (Wildman–Crippen LogP) is 1.80. The van der Waals surface area contributed by atoms with E-state index in [4.69, 9.17) is 0 Å². The van der Waals surface area contributed by atoms with Crippen molar-refractivity contribution in [1.29, 1.82) is 0 Å². The molecule has 2 aromatic carbocycles. The van der Waals surface area contributed by atoms with Gasteiger partial charge in [-0.1, -0.05) is 30.3 Å². The summed E-state index contributed by atoms with van der Waals surface area (Å²) in [6, 6.07) is 17.5. The van der Waals surface area contributed by atoms with Crippen LogP contribution in [0.1, 0.15) is 0 Å². The molecule has 2 heterocycles. The summed E-state index contributed by atoms with van der Waals surface area (Å²) in [5.41, 5.74) is 2.48. The van der Waals surface area contributed by atoms with Gasteiger partial charge in [0.05, 0.1) is 11.0 Å². The van der Waals surface area contributed by atoms with E-state index in [0.717, 1.165) is 42.9 Å². The van der Waals surface area contributed by atoms with Gasteiger partial charge in [-0.15, -0.1) is 0 Å². The number of rotatable bonds is 2. The fraction of sp³-hybridized carbons (Fsp3) is 0.222. The van der Waals surface area contributed by atoms with Gasteiger partial charge in [0, 0.05) is 31.9 Å². The highest BCUT2D eigenvalue weighted by Crippen LogP contribution is 2.18. The third-order valence-electron chi connectivity index (χ3n) is 4.17. The molecule has 0 radical (unpaired) electrons. The van der Waals surface area contributed by atoms with Crippen LogP contribution in [0.4, 0.5) is 5.82 Å². The van der Waals surface area contributed by atoms with E-state index >= 15 is 0 Å². The van der Waals surface area contributed by atoms with Gasteiger partial charge in [0.25, 0.3) is 5.56 Å². The molecule has 116 valence electrons. The minimum absolute atomic E-state index is 0.0585. The predicted molar refractivity (Wildman–Crippen MR) is 92.4 cm³/mol. The number of para-hydroxylation sites is 3. The maximum absolute atomic E-state index is 13.1. The molecule has 0 bridgehead atoms. The maximum Gasteiger partial charge on any atom is 0.298 e. The maximum atomic E-state index is 13.1. The van der Waals surface area contributed by atoms with Gasteiger partial charge in [-0.2, -0.15) is 0 Å². The minimum Gasteiger partial charge on any atom is -0.349 e. The second-order valence-corrected chi connectivity index (χ2v) is 5.64. The van der Waals surface area contributed by atoms with Crippen molar-refractivity contribution in [3.8, 4) is 5.69 Å². The molecule has 0 spiro atoms. The molecule has 23 heavy (non-hydrogen) atoms. The van der Waals surface area contributed by atoms with Gasteiger partial charge in [-0.25, -0.2) is 4.98 Å². The first-order valence-corrected chi connectivity index (χ1v) is 7.87. The largest absolute Gasteiger partial charge is 0.349 e. The number of piperazine rings is 1. The summed E-state index contributed by atoms with van der Waals surface area (Å²) in [7, 11) is 0. The summed E-state index contributed by atoms with van der Waals surface area (Å²) in [6.45, 7) is 3.35. The Morgan fingerprint density at radius 3 is 2.39 bits per heavy atom. The zero-order valence-corrected chi connectivity index (χ0v) is 12.8. The van der Waals surface area contributed by atoms with E-state index in [0.29, 0.717) is 5.82 Å². The summed E-state index contributed by atoms with van der Waals surface area (Å²) < 4.78 is 1.76. The molecule has 1 N–H and O–H groups in total. The number of nitrogens with one attached hydrogen (secondary N) is 1. The second kappa shape index (κ2) is 5.85. The Kier molecular flexibility index (Phi) is 3.55. The van der Waals surface area contributed by atoms with Crippen molar-refractivity contribution in [2.24, 2.45) is 0 Å². The van der Waals surface area contributed by atoms with Crippen LogP contribution in [0.3, 0.4) is 0 Å². The van der Waals surface area contributed by atoms with Crippen molar-refractivity contribution in [3.05, 3.63) is 65.0 Å². The van der Waals surface area contributed by atoms with Crippen LogP contribution in [0.5, 0.6) is 0 Å². The van der Waals surface area contributed by atoms with E-state index in [1.807, 2.05) is 54.6 Å². The Bertz CT molecular complexity index is 882. The number of nitrogens with zero attached hydrogens (tertiary/aromatic N) is 3. The van der Waals surface area contributed by atoms with Crippen molar-refractivity contribution in [1.82, 2.24) is 14.9 Å². The van der Waals surface area contributed by atoms with E-state index in [2.05, 4.69) is 15.2 Å². The topological polar surface area (TPSA) is 50.2 Å². The summed E-state index contributed by atoms with van der Waals surface area (Å²) in [6.07, 6.45) is 0. The molecule has 0 amide bonds. The normalized spacial score (nSPS) is 15.0. The van der Waals surface area contributed by atoms with Gasteiger partial charge in [0.15, 0.2) is 5.82 Å². The Hall–Kier alpha value is -2.66. The van der Waals surface area contributed by atoms with Gasteiger partial charge in [-0.3, -0.25) is 9.36 Å². The van der Waals surface area contributed by atoms with Crippen LogP contribution >= 0.6 is 0 Å². The lowest BCUT2D eigenvalue weighted by Crippen LogP contribution is -2.46. The third kappa shape index (κ3) is 2.49. The lowest BCUT2D eigenvalue weighted by atomic mass is 10.2. The van der Waals surface area contributed by atoms with Crippen molar-refractivity contribution >= 4 is 16.9 Å². The summed E-state index contributed by atoms with van der Waals surface area (Å²) in [5.74, 6) is 0.536. The highest BCUT2D eigenvalue weighted by Gasteiger charge is 2.19. The molecule has 5 nitrogen and oxygen atoms in total. The molecule has 1 saturated heterocycles. The first kappa shape index (κ1) is 14.0. The molecule has 0 saturated carbocycles. The highest BCUT2D eigenvalue weighted by molar-refractivity contribution is 5.78. The van der Waals surface area contributed by atoms with Crippen molar-refractivity contribution in [2.45, 2.75) is 0 Å². The first-order valence-electron chi connectivity index (χ1n) is 7.87. The summed E-state index contributed by atoms with van der Waals surface area (Å²) in [5, 5.41) is 3.31. The van der Waals surface area contributed by atoms with Crippen LogP contribution in [0.25, 0.3) is 16.7 Å². The van der Waals surface area contributed by atoms with Crippen LogP contribution in [0.15, 0.2) is 59.4 Å². The van der Waals surface area contributed by atoms with Gasteiger partial charge < -0.3 is 10.2 Å². The smallest absolute Gasteiger partial charge is 0.298 e. The van der Waals surface area contributed by atoms with Gasteiger partial charge in [-0.05, 0) is 24.3 Å². The molecule has 1 fully saturated rings. The SMILES string of the molecule is O=c1c(N2CCNCC2)nc2ccccc2n1-c1ccccc1. The van der Waals surface area contributed by atoms with E-state index in [1.54, 1.807) is 4.57 Å². The Balaban J connectivity index is 1.99. The molecule has 1 aliphatic heterocycles. The molecule has 3 aromatic rings. The lowest BCUT2D eigenvalue weighted by Gasteiger charge is -2.28. The molecule has 0 unspecified atom stereocenters. The molecular weight excluding hydrogens is 288 g/mol. The zero-order chi connectivity index (χ0) is 15.6. The third-order valence-corrected chi connectivity index (χ3v) is 4.17. The lowest BCUT2D eigenvalue weighted by molar-refractivity contribution is 0.583. The highest BCUT2D eigenvalue weighted by atomic mass is 16.1. The van der Waals surface area contributed by atoms with Gasteiger partial charge in [0.2, 0.25) is 0 Å². The monoisotopic (exact) mass is 306 g/mol. The molecule has 5 heteroatoms. The van der Waals surface area contributed by atoms with Crippen molar-refractivity contribution < 1.29 is 0 Å². The first-order chi connectivity index (χ1) is 11.3. The quantitative estimate of drug-likeness (QED) is 0.784. The second-order valence-electron chi connectivity index (χ2n) is 5.64. The van der Waals surface area contributed by atoms with Crippen LogP contribution in [-0.4, -0.2) is 35.7 Å². The van der Waals surface area contributed by atoms with Crippen LogP contribution in [0.2, 0.25) is 0 Å². The van der Waals surface area contributed by atoms with E-state index in [-0.39, 0.29) is 5.56 Å². The van der Waals surface area contributed by atoms with E-state index in [1.165, 1.54) is 0 Å². The zero-order valence-electron chi connectivity index (χ0n) is 12.8. The fourth-order valence-electron chi connectivity index (χ4n) is 3.04. The number of benzene rings is 2. The number of hydrogen-bond acceptors (Lipinski definition) is 4. The number of hydrogen-bond donors (Lipinski definition) is 1. The molecule has 0 aliphatic carbocycles. The molecule has 0 atom stereocenters. The standard InChI is InChI=1S/C18H18N4O/c23-18-17(21-12-10-19-11-13-21)20-15-8-4-5-9-16(15)22(18)14-6-2-1-3-7-14/h1-9,19H,10-13H2. The Labute approximate surface area is 134 Å². The van der Waals surface area contributed by atoms with Gasteiger partial charge in [0.1, 0.15) is 0 Å². The number of aromatic nitrogens is 2. The number of anilines is 1. The van der Waals surface area contributed by atoms with Crippen LogP contribution < -0.4 is 15.8 Å². The summed E-state index contributed by atoms with van der Waals surface area (Å²) in [4.78, 5) is 19.8. The summed E-state index contributed by atoms with van der Waals surface area (Å²) >= 11 is 0. The average molecular weight is 306 g/mol. The fourth-order valence-corrected chi connectivity index (χ4v) is 3.04.